The summed E-state index contributed by atoms with van der Waals surface area (Å²) >= 11 is 8.64. The van der Waals surface area contributed by atoms with E-state index in [2.05, 4.69) is 84.1 Å². The molecule has 4 nitrogen and oxygen atoms in total. The summed E-state index contributed by atoms with van der Waals surface area (Å²) in [7, 11) is 2.15. The summed E-state index contributed by atoms with van der Waals surface area (Å²) in [4.78, 5) is 8.50. The van der Waals surface area contributed by atoms with Crippen molar-refractivity contribution in [2.24, 2.45) is 0 Å². The highest BCUT2D eigenvalue weighted by Crippen LogP contribution is 2.35. The average Bonchev–Trinajstić information content (AvgIpc) is 3.15. The summed E-state index contributed by atoms with van der Waals surface area (Å²) in [5.74, 6) is 0.919. The van der Waals surface area contributed by atoms with Crippen molar-refractivity contribution >= 4 is 29.0 Å². The highest BCUT2D eigenvalue weighted by atomic mass is 35.5. The number of fused-ring (bicyclic) bond motifs is 1. The number of nitrogens with zero attached hydrogens (tertiary/aromatic N) is 3. The van der Waals surface area contributed by atoms with Crippen LogP contribution in [0, 0.1) is 6.92 Å². The van der Waals surface area contributed by atoms with Crippen LogP contribution in [0.3, 0.4) is 0 Å². The third kappa shape index (κ3) is 5.12. The van der Waals surface area contributed by atoms with Crippen molar-refractivity contribution in [1.29, 1.82) is 0 Å². The van der Waals surface area contributed by atoms with Crippen LogP contribution >= 0.6 is 23.4 Å². The second kappa shape index (κ2) is 9.90. The smallest absolute Gasteiger partial charge is 0.137 e. The molecule has 2 aromatic carbocycles. The van der Waals surface area contributed by atoms with Gasteiger partial charge in [0.1, 0.15) is 5.65 Å². The Balaban J connectivity index is 1.46. The van der Waals surface area contributed by atoms with Crippen molar-refractivity contribution in [1.82, 2.24) is 14.3 Å². The Morgan fingerprint density at radius 2 is 1.97 bits per heavy atom. The molecule has 33 heavy (non-hydrogen) atoms. The van der Waals surface area contributed by atoms with Gasteiger partial charge in [0.2, 0.25) is 0 Å². The van der Waals surface area contributed by atoms with E-state index in [1.807, 2.05) is 6.07 Å². The first kappa shape index (κ1) is 22.5. The van der Waals surface area contributed by atoms with E-state index in [4.69, 9.17) is 21.3 Å². The van der Waals surface area contributed by atoms with Crippen molar-refractivity contribution in [2.75, 3.05) is 26.7 Å². The van der Waals surface area contributed by atoms with Gasteiger partial charge in [-0.25, -0.2) is 4.98 Å². The van der Waals surface area contributed by atoms with E-state index < -0.39 is 0 Å². The molecule has 0 aliphatic carbocycles. The Bertz CT molecular complexity index is 1260. The number of pyridine rings is 1. The minimum atomic E-state index is 0.142. The molecule has 3 heterocycles. The molecule has 0 radical (unpaired) electrons. The zero-order chi connectivity index (χ0) is 22.8. The molecule has 4 aromatic rings. The van der Waals surface area contributed by atoms with Gasteiger partial charge < -0.3 is 14.0 Å². The number of thioether (sulfide) groups is 1. The van der Waals surface area contributed by atoms with E-state index in [1.54, 1.807) is 11.8 Å². The molecule has 5 rings (SSSR count). The molecule has 1 aliphatic rings. The Hall–Kier alpha value is -2.31. The fourth-order valence-corrected chi connectivity index (χ4v) is 5.56. The number of ether oxygens (including phenoxy) is 1. The number of morpholine rings is 1. The first-order valence-corrected chi connectivity index (χ1v) is 12.7. The highest BCUT2D eigenvalue weighted by Gasteiger charge is 2.24. The first-order valence-electron chi connectivity index (χ1n) is 11.3. The largest absolute Gasteiger partial charge is 0.375 e. The van der Waals surface area contributed by atoms with Gasteiger partial charge in [0.25, 0.3) is 0 Å². The Labute approximate surface area is 204 Å². The summed E-state index contributed by atoms with van der Waals surface area (Å²) < 4.78 is 8.28. The third-order valence-electron chi connectivity index (χ3n) is 6.09. The zero-order valence-corrected chi connectivity index (χ0v) is 20.6. The first-order chi connectivity index (χ1) is 16.1. The fraction of sp³-hybridized carbons (Fsp3) is 0.296. The Kier molecular flexibility index (Phi) is 6.74. The maximum Gasteiger partial charge on any atom is 0.137 e. The van der Waals surface area contributed by atoms with Gasteiger partial charge in [0.05, 0.1) is 29.1 Å². The molecular weight excluding hydrogens is 450 g/mol. The SMILES string of the molecule is Cc1ccn2c(CC3CN(C)CCO3)c(-c3ccc(SCc4ccccc4)cc3Cl)nc2c1. The topological polar surface area (TPSA) is 29.8 Å². The van der Waals surface area contributed by atoms with E-state index in [0.717, 1.165) is 64.4 Å². The number of aromatic nitrogens is 2. The lowest BCUT2D eigenvalue weighted by Crippen LogP contribution is -2.41. The quantitative estimate of drug-likeness (QED) is 0.312. The Morgan fingerprint density at radius 1 is 1.12 bits per heavy atom. The second-order valence-corrected chi connectivity index (χ2v) is 10.2. The highest BCUT2D eigenvalue weighted by molar-refractivity contribution is 7.98. The number of benzene rings is 2. The lowest BCUT2D eigenvalue weighted by atomic mass is 10.1. The molecule has 1 saturated heterocycles. The number of likely N-dealkylation sites (N-methyl/N-ethyl adjacent to an activating group) is 1. The minimum absolute atomic E-state index is 0.142. The molecule has 0 bridgehead atoms. The van der Waals surface area contributed by atoms with Crippen molar-refractivity contribution in [3.8, 4) is 11.3 Å². The molecule has 170 valence electrons. The molecule has 1 unspecified atom stereocenters. The van der Waals surface area contributed by atoms with E-state index >= 15 is 0 Å². The predicted molar refractivity (Wildman–Crippen MR) is 137 cm³/mol. The van der Waals surface area contributed by atoms with E-state index in [0.29, 0.717) is 0 Å². The van der Waals surface area contributed by atoms with Crippen LogP contribution in [0.25, 0.3) is 16.9 Å². The molecule has 0 saturated carbocycles. The summed E-state index contributed by atoms with van der Waals surface area (Å²) in [5, 5.41) is 0.733. The van der Waals surface area contributed by atoms with Gasteiger partial charge in [-0.1, -0.05) is 48.0 Å². The van der Waals surface area contributed by atoms with Crippen LogP contribution < -0.4 is 0 Å². The van der Waals surface area contributed by atoms with Gasteiger partial charge >= 0.3 is 0 Å². The molecule has 2 aromatic heterocycles. The Morgan fingerprint density at radius 3 is 2.76 bits per heavy atom. The fourth-order valence-electron chi connectivity index (χ4n) is 4.33. The number of halogens is 1. The van der Waals surface area contributed by atoms with Crippen LogP contribution in [0.15, 0.2) is 71.8 Å². The summed E-state index contributed by atoms with van der Waals surface area (Å²) in [6.07, 6.45) is 3.05. The van der Waals surface area contributed by atoms with E-state index in [-0.39, 0.29) is 6.10 Å². The van der Waals surface area contributed by atoms with Crippen molar-refractivity contribution in [2.45, 2.75) is 30.1 Å². The van der Waals surface area contributed by atoms with Crippen molar-refractivity contribution in [3.63, 3.8) is 0 Å². The molecule has 0 N–H and O–H groups in total. The lowest BCUT2D eigenvalue weighted by molar-refractivity contribution is -0.0190. The maximum absolute atomic E-state index is 6.84. The molecular formula is C27H28ClN3OS. The van der Waals surface area contributed by atoms with Gasteiger partial charge in [0.15, 0.2) is 0 Å². The average molecular weight is 478 g/mol. The van der Waals surface area contributed by atoms with Gasteiger partial charge in [0, 0.05) is 41.9 Å². The van der Waals surface area contributed by atoms with E-state index in [1.165, 1.54) is 11.1 Å². The van der Waals surface area contributed by atoms with Crippen molar-refractivity contribution in [3.05, 3.63) is 88.7 Å². The molecule has 1 aliphatic heterocycles. The standard InChI is InChI=1S/C27H28ClN3OS/c1-19-10-11-31-25(15-21-17-30(2)12-13-32-21)27(29-26(31)14-19)23-9-8-22(16-24(23)28)33-18-20-6-4-3-5-7-20/h3-11,14,16,21H,12-13,15,17-18H2,1-2H3. The molecule has 1 atom stereocenters. The molecule has 0 amide bonds. The number of hydrogen-bond acceptors (Lipinski definition) is 4. The lowest BCUT2D eigenvalue weighted by Gasteiger charge is -2.30. The molecule has 6 heteroatoms. The summed E-state index contributed by atoms with van der Waals surface area (Å²) in [6.45, 7) is 4.75. The van der Waals surface area contributed by atoms with Crippen molar-refractivity contribution < 1.29 is 4.74 Å². The van der Waals surface area contributed by atoms with Gasteiger partial charge in [-0.3, -0.25) is 0 Å². The number of rotatable bonds is 6. The molecule has 0 spiro atoms. The van der Waals surface area contributed by atoms with E-state index in [9.17, 15) is 0 Å². The second-order valence-electron chi connectivity index (χ2n) is 8.71. The zero-order valence-electron chi connectivity index (χ0n) is 19.0. The van der Waals surface area contributed by atoms with Crippen LogP contribution in [-0.4, -0.2) is 47.1 Å². The number of hydrogen-bond donors (Lipinski definition) is 0. The van der Waals surface area contributed by atoms with Crippen LogP contribution in [0.2, 0.25) is 5.02 Å². The van der Waals surface area contributed by atoms with Crippen LogP contribution in [-0.2, 0) is 16.9 Å². The third-order valence-corrected chi connectivity index (χ3v) is 7.47. The normalized spacial score (nSPS) is 17.0. The molecule has 1 fully saturated rings. The van der Waals surface area contributed by atoms with Crippen LogP contribution in [0.5, 0.6) is 0 Å². The monoisotopic (exact) mass is 477 g/mol. The van der Waals surface area contributed by atoms with Gasteiger partial charge in [-0.05, 0) is 49.4 Å². The maximum atomic E-state index is 6.84. The number of aryl methyl sites for hydroxylation is 1. The minimum Gasteiger partial charge on any atom is -0.375 e. The van der Waals surface area contributed by atoms with Crippen LogP contribution in [0.4, 0.5) is 0 Å². The van der Waals surface area contributed by atoms with Gasteiger partial charge in [-0.2, -0.15) is 0 Å². The summed E-state index contributed by atoms with van der Waals surface area (Å²) in [5.41, 5.74) is 6.51. The number of imidazole rings is 1. The van der Waals surface area contributed by atoms with Crippen LogP contribution in [0.1, 0.15) is 16.8 Å². The predicted octanol–water partition coefficient (Wildman–Crippen LogP) is 6.13. The summed E-state index contributed by atoms with van der Waals surface area (Å²) in [6, 6.07) is 21.1. The van der Waals surface area contributed by atoms with Gasteiger partial charge in [-0.15, -0.1) is 11.8 Å².